The van der Waals surface area contributed by atoms with Crippen molar-refractivity contribution >= 4 is 0 Å². The van der Waals surface area contributed by atoms with Gasteiger partial charge in [-0.25, -0.2) is 0 Å². The highest BCUT2D eigenvalue weighted by molar-refractivity contribution is 4.75. The molecule has 1 aliphatic heterocycles. The fourth-order valence-corrected chi connectivity index (χ4v) is 1.57. The predicted molar refractivity (Wildman–Crippen MR) is 42.3 cm³/mol. The third-order valence-electron chi connectivity index (χ3n) is 2.33. The Morgan fingerprint density at radius 1 is 1.46 bits per heavy atom. The maximum absolute atomic E-state index is 11.9. The number of alkyl halides is 3. The smallest absolute Gasteiger partial charge is 0.384 e. The number of rotatable bonds is 2. The Labute approximate surface area is 75.1 Å². The van der Waals surface area contributed by atoms with Gasteiger partial charge in [0, 0.05) is 0 Å². The first kappa shape index (κ1) is 10.8. The number of aliphatic hydroxyl groups is 1. The number of nitrogens with one attached hydrogen (secondary N) is 1. The van der Waals surface area contributed by atoms with Crippen LogP contribution in [0.15, 0.2) is 0 Å². The number of aliphatic hydroxyl groups excluding tert-OH is 1. The maximum atomic E-state index is 11.9. The lowest BCUT2D eigenvalue weighted by Gasteiger charge is -2.25. The lowest BCUT2D eigenvalue weighted by Crippen LogP contribution is -2.36. The molecular formula is C8H14F3NO. The average molecular weight is 197 g/mol. The van der Waals surface area contributed by atoms with Gasteiger partial charge in [-0.05, 0) is 38.3 Å². The standard InChI is InChI=1S/C8H14F3NO/c9-8(10,11)7(13)4-6-2-1-3-12-5-6/h6-7,12-13H,1-5H2. The first-order chi connectivity index (χ1) is 6.00. The zero-order chi connectivity index (χ0) is 9.90. The zero-order valence-corrected chi connectivity index (χ0v) is 7.27. The van der Waals surface area contributed by atoms with E-state index in [4.69, 9.17) is 5.11 Å². The van der Waals surface area contributed by atoms with Gasteiger partial charge in [0.25, 0.3) is 0 Å². The topological polar surface area (TPSA) is 32.3 Å². The quantitative estimate of drug-likeness (QED) is 0.699. The first-order valence-electron chi connectivity index (χ1n) is 4.45. The van der Waals surface area contributed by atoms with E-state index in [1.807, 2.05) is 0 Å². The molecule has 5 heteroatoms. The molecule has 1 fully saturated rings. The number of piperidine rings is 1. The molecule has 0 saturated carbocycles. The van der Waals surface area contributed by atoms with Crippen molar-refractivity contribution in [3.63, 3.8) is 0 Å². The van der Waals surface area contributed by atoms with Gasteiger partial charge in [0.05, 0.1) is 0 Å². The molecule has 0 aliphatic carbocycles. The minimum absolute atomic E-state index is 0.0367. The summed E-state index contributed by atoms with van der Waals surface area (Å²) in [5.41, 5.74) is 0. The van der Waals surface area contributed by atoms with Crippen molar-refractivity contribution in [3.8, 4) is 0 Å². The summed E-state index contributed by atoms with van der Waals surface area (Å²) < 4.78 is 35.8. The van der Waals surface area contributed by atoms with Crippen molar-refractivity contribution in [1.29, 1.82) is 0 Å². The van der Waals surface area contributed by atoms with Crippen molar-refractivity contribution in [1.82, 2.24) is 5.32 Å². The van der Waals surface area contributed by atoms with Gasteiger partial charge in [-0.3, -0.25) is 0 Å². The molecule has 0 aromatic carbocycles. The molecule has 0 aromatic heterocycles. The molecule has 1 heterocycles. The summed E-state index contributed by atoms with van der Waals surface area (Å²) >= 11 is 0. The second-order valence-corrected chi connectivity index (χ2v) is 3.51. The van der Waals surface area contributed by atoms with E-state index in [-0.39, 0.29) is 12.3 Å². The molecule has 1 saturated heterocycles. The van der Waals surface area contributed by atoms with Gasteiger partial charge in [0.15, 0.2) is 0 Å². The Balaban J connectivity index is 2.30. The second-order valence-electron chi connectivity index (χ2n) is 3.51. The van der Waals surface area contributed by atoms with Gasteiger partial charge in [0.2, 0.25) is 0 Å². The van der Waals surface area contributed by atoms with E-state index in [0.717, 1.165) is 19.4 Å². The van der Waals surface area contributed by atoms with Crippen LogP contribution in [0.5, 0.6) is 0 Å². The molecule has 1 rings (SSSR count). The molecule has 1 aliphatic rings. The minimum Gasteiger partial charge on any atom is -0.384 e. The van der Waals surface area contributed by atoms with Crippen molar-refractivity contribution < 1.29 is 18.3 Å². The number of hydrogen-bond donors (Lipinski definition) is 2. The van der Waals surface area contributed by atoms with Crippen LogP contribution >= 0.6 is 0 Å². The minimum atomic E-state index is -4.46. The third-order valence-corrected chi connectivity index (χ3v) is 2.33. The van der Waals surface area contributed by atoms with E-state index in [1.54, 1.807) is 0 Å². The van der Waals surface area contributed by atoms with E-state index in [0.29, 0.717) is 6.54 Å². The van der Waals surface area contributed by atoms with Crippen molar-refractivity contribution in [2.45, 2.75) is 31.5 Å². The van der Waals surface area contributed by atoms with Crippen LogP contribution in [0.25, 0.3) is 0 Å². The Morgan fingerprint density at radius 3 is 2.62 bits per heavy atom. The Morgan fingerprint density at radius 2 is 2.15 bits per heavy atom. The van der Waals surface area contributed by atoms with E-state index in [9.17, 15) is 13.2 Å². The van der Waals surface area contributed by atoms with Gasteiger partial charge < -0.3 is 10.4 Å². The highest BCUT2D eigenvalue weighted by Gasteiger charge is 2.39. The Kier molecular flexibility index (Phi) is 3.55. The van der Waals surface area contributed by atoms with Crippen molar-refractivity contribution in [3.05, 3.63) is 0 Å². The first-order valence-corrected chi connectivity index (χ1v) is 4.45. The van der Waals surface area contributed by atoms with Gasteiger partial charge in [-0.2, -0.15) is 13.2 Å². The lowest BCUT2D eigenvalue weighted by molar-refractivity contribution is -0.208. The van der Waals surface area contributed by atoms with Crippen LogP contribution in [0, 0.1) is 5.92 Å². The monoisotopic (exact) mass is 197 g/mol. The molecule has 78 valence electrons. The van der Waals surface area contributed by atoms with Crippen LogP contribution in [0.1, 0.15) is 19.3 Å². The van der Waals surface area contributed by atoms with Crippen LogP contribution in [0.2, 0.25) is 0 Å². The molecule has 2 nitrogen and oxygen atoms in total. The zero-order valence-electron chi connectivity index (χ0n) is 7.27. The molecule has 13 heavy (non-hydrogen) atoms. The SMILES string of the molecule is OC(CC1CCCNC1)C(F)(F)F. The van der Waals surface area contributed by atoms with Crippen LogP contribution in [0.3, 0.4) is 0 Å². The van der Waals surface area contributed by atoms with E-state index in [2.05, 4.69) is 5.32 Å². The molecule has 2 N–H and O–H groups in total. The maximum Gasteiger partial charge on any atom is 0.414 e. The van der Waals surface area contributed by atoms with Crippen LogP contribution in [-0.2, 0) is 0 Å². The van der Waals surface area contributed by atoms with Gasteiger partial charge >= 0.3 is 6.18 Å². The molecular weight excluding hydrogens is 183 g/mol. The molecule has 0 radical (unpaired) electrons. The number of hydrogen-bond acceptors (Lipinski definition) is 2. The fraction of sp³-hybridized carbons (Fsp3) is 1.00. The van der Waals surface area contributed by atoms with E-state index >= 15 is 0 Å². The van der Waals surface area contributed by atoms with Gasteiger partial charge in [-0.1, -0.05) is 0 Å². The van der Waals surface area contributed by atoms with Crippen LogP contribution in [0.4, 0.5) is 13.2 Å². The van der Waals surface area contributed by atoms with Crippen molar-refractivity contribution in [2.24, 2.45) is 5.92 Å². The molecule has 0 amide bonds. The van der Waals surface area contributed by atoms with E-state index in [1.165, 1.54) is 0 Å². The fourth-order valence-electron chi connectivity index (χ4n) is 1.57. The van der Waals surface area contributed by atoms with Crippen LogP contribution < -0.4 is 5.32 Å². The summed E-state index contributed by atoms with van der Waals surface area (Å²) in [6.45, 7) is 1.46. The summed E-state index contributed by atoms with van der Waals surface area (Å²) in [5, 5.41) is 11.8. The van der Waals surface area contributed by atoms with E-state index < -0.39 is 12.3 Å². The van der Waals surface area contributed by atoms with Crippen molar-refractivity contribution in [2.75, 3.05) is 13.1 Å². The average Bonchev–Trinajstić information content (AvgIpc) is 2.04. The number of halogens is 3. The summed E-state index contributed by atoms with van der Waals surface area (Å²) in [4.78, 5) is 0. The lowest BCUT2D eigenvalue weighted by atomic mass is 9.93. The summed E-state index contributed by atoms with van der Waals surface area (Å²) in [6.07, 6.45) is -5.11. The Hall–Kier alpha value is -0.290. The molecule has 2 unspecified atom stereocenters. The largest absolute Gasteiger partial charge is 0.414 e. The highest BCUT2D eigenvalue weighted by atomic mass is 19.4. The molecule has 0 aromatic rings. The Bertz CT molecular complexity index is 154. The van der Waals surface area contributed by atoms with Gasteiger partial charge in [0.1, 0.15) is 6.10 Å². The summed E-state index contributed by atoms with van der Waals surface area (Å²) in [5.74, 6) is -0.0367. The highest BCUT2D eigenvalue weighted by Crippen LogP contribution is 2.27. The summed E-state index contributed by atoms with van der Waals surface area (Å²) in [7, 11) is 0. The third kappa shape index (κ3) is 3.52. The summed E-state index contributed by atoms with van der Waals surface area (Å²) in [6, 6.07) is 0. The molecule has 0 spiro atoms. The molecule has 2 atom stereocenters. The van der Waals surface area contributed by atoms with Crippen LogP contribution in [-0.4, -0.2) is 30.5 Å². The predicted octanol–water partition coefficient (Wildman–Crippen LogP) is 1.30. The molecule has 0 bridgehead atoms. The second kappa shape index (κ2) is 4.28. The van der Waals surface area contributed by atoms with Gasteiger partial charge in [-0.15, -0.1) is 0 Å². The normalized spacial score (nSPS) is 27.2.